The molecule has 0 bridgehead atoms. The fourth-order valence-corrected chi connectivity index (χ4v) is 3.65. The molecule has 0 aliphatic rings. The molecule has 2 aromatic heterocycles. The molecule has 1 N–H and O–H groups in total. The number of para-hydroxylation sites is 1. The Morgan fingerprint density at radius 1 is 1.06 bits per heavy atom. The van der Waals surface area contributed by atoms with Crippen LogP contribution >= 0.6 is 0 Å². The van der Waals surface area contributed by atoms with Gasteiger partial charge in [0.25, 0.3) is 5.91 Å². The number of hydrogen-bond donors (Lipinski definition) is 1. The Bertz CT molecular complexity index is 1310. The highest BCUT2D eigenvalue weighted by Gasteiger charge is 2.36. The molecule has 9 heteroatoms. The second-order valence-corrected chi connectivity index (χ2v) is 7.65. The lowest BCUT2D eigenvalue weighted by molar-refractivity contribution is -0.136. The third-order valence-corrected chi connectivity index (χ3v) is 5.22. The zero-order chi connectivity index (χ0) is 23.8. The summed E-state index contributed by atoms with van der Waals surface area (Å²) in [7, 11) is 1.51. The largest absolute Gasteiger partial charge is 0.467 e. The molecule has 0 unspecified atom stereocenters. The Hall–Kier alpha value is -3.88. The van der Waals surface area contributed by atoms with Gasteiger partial charge in [-0.15, -0.1) is 0 Å². The van der Waals surface area contributed by atoms with E-state index in [2.05, 4.69) is 15.4 Å². The lowest BCUT2D eigenvalue weighted by Gasteiger charge is -2.13. The van der Waals surface area contributed by atoms with Crippen LogP contribution in [0.25, 0.3) is 22.3 Å². The minimum atomic E-state index is -4.67. The summed E-state index contributed by atoms with van der Waals surface area (Å²) < 4.78 is 48.6. The van der Waals surface area contributed by atoms with Crippen LogP contribution in [0.2, 0.25) is 0 Å². The van der Waals surface area contributed by atoms with Gasteiger partial charge in [0, 0.05) is 24.4 Å². The van der Waals surface area contributed by atoms with Crippen molar-refractivity contribution in [1.82, 2.24) is 14.8 Å². The van der Waals surface area contributed by atoms with E-state index in [1.165, 1.54) is 11.7 Å². The summed E-state index contributed by atoms with van der Waals surface area (Å²) in [5.74, 6) is -0.813. The average Bonchev–Trinajstić information content (AvgIpc) is 3.11. The molecule has 2 heterocycles. The van der Waals surface area contributed by atoms with Crippen molar-refractivity contribution in [3.05, 3.63) is 71.3 Å². The number of nitrogens with zero attached hydrogens (tertiary/aromatic N) is 3. The van der Waals surface area contributed by atoms with E-state index < -0.39 is 24.3 Å². The molecule has 4 rings (SSSR count). The second-order valence-electron chi connectivity index (χ2n) is 7.65. The molecule has 170 valence electrons. The van der Waals surface area contributed by atoms with Crippen LogP contribution in [0.4, 0.5) is 18.9 Å². The highest BCUT2D eigenvalue weighted by molar-refractivity contribution is 5.95. The molecule has 0 aliphatic carbocycles. The summed E-state index contributed by atoms with van der Waals surface area (Å²) in [6, 6.07) is 15.0. The smallest absolute Gasteiger partial charge is 0.417 e. The minimum Gasteiger partial charge on any atom is -0.467 e. The Labute approximate surface area is 188 Å². The highest BCUT2D eigenvalue weighted by Crippen LogP contribution is 2.40. The zero-order valence-corrected chi connectivity index (χ0v) is 18.2. The maximum Gasteiger partial charge on any atom is 0.417 e. The van der Waals surface area contributed by atoms with Crippen molar-refractivity contribution >= 4 is 22.6 Å². The van der Waals surface area contributed by atoms with Crippen LogP contribution < -0.4 is 10.1 Å². The van der Waals surface area contributed by atoms with Crippen LogP contribution in [0.3, 0.4) is 0 Å². The molecule has 1 amide bonds. The van der Waals surface area contributed by atoms with Crippen molar-refractivity contribution in [2.45, 2.75) is 20.0 Å². The maximum atomic E-state index is 14.0. The van der Waals surface area contributed by atoms with Gasteiger partial charge in [-0.3, -0.25) is 4.79 Å². The number of alkyl halides is 3. The lowest BCUT2D eigenvalue weighted by Crippen LogP contribution is -2.21. The predicted molar refractivity (Wildman–Crippen MR) is 119 cm³/mol. The van der Waals surface area contributed by atoms with Gasteiger partial charge in [0.2, 0.25) is 5.88 Å². The number of aromatic nitrogens is 3. The summed E-state index contributed by atoms with van der Waals surface area (Å²) in [4.78, 5) is 16.6. The Kier molecular flexibility index (Phi) is 5.80. The molecule has 4 aromatic rings. The predicted octanol–water partition coefficient (Wildman–Crippen LogP) is 5.29. The van der Waals surface area contributed by atoms with Gasteiger partial charge in [-0.25, -0.2) is 4.68 Å². The Morgan fingerprint density at radius 3 is 2.36 bits per heavy atom. The molecule has 0 aliphatic heterocycles. The number of carbonyl (C=O) groups excluding carboxylic acids is 1. The van der Waals surface area contributed by atoms with Gasteiger partial charge in [0.15, 0.2) is 12.3 Å². The SMILES string of the molecule is Cc1cccc(C)c1NC(=O)COc1cc(C(F)(F)F)c2c(-c3ccccc3)nn(C)c2n1. The van der Waals surface area contributed by atoms with E-state index in [0.29, 0.717) is 11.3 Å². The summed E-state index contributed by atoms with van der Waals surface area (Å²) in [6.45, 7) is 3.20. The van der Waals surface area contributed by atoms with Crippen molar-refractivity contribution < 1.29 is 22.7 Å². The molecular formula is C24H21F3N4O2. The normalized spacial score (nSPS) is 11.6. The molecule has 0 saturated carbocycles. The molecule has 0 saturated heterocycles. The van der Waals surface area contributed by atoms with E-state index in [9.17, 15) is 18.0 Å². The van der Waals surface area contributed by atoms with E-state index in [-0.39, 0.29) is 22.6 Å². The first-order valence-corrected chi connectivity index (χ1v) is 10.1. The van der Waals surface area contributed by atoms with Crippen molar-refractivity contribution in [3.8, 4) is 17.1 Å². The van der Waals surface area contributed by atoms with E-state index in [1.807, 2.05) is 32.0 Å². The summed E-state index contributed by atoms with van der Waals surface area (Å²) in [6.07, 6.45) is -4.67. The number of nitrogens with one attached hydrogen (secondary N) is 1. The molecule has 0 radical (unpaired) electrons. The van der Waals surface area contributed by atoms with Gasteiger partial charge >= 0.3 is 6.18 Å². The number of benzene rings is 2. The van der Waals surface area contributed by atoms with E-state index in [1.54, 1.807) is 30.3 Å². The highest BCUT2D eigenvalue weighted by atomic mass is 19.4. The first-order valence-electron chi connectivity index (χ1n) is 10.1. The summed E-state index contributed by atoms with van der Waals surface area (Å²) in [5, 5.41) is 6.88. The quantitative estimate of drug-likeness (QED) is 0.445. The Morgan fingerprint density at radius 2 is 1.73 bits per heavy atom. The first kappa shape index (κ1) is 22.3. The minimum absolute atomic E-state index is 0.00818. The molecule has 0 fully saturated rings. The van der Waals surface area contributed by atoms with Crippen LogP contribution in [-0.2, 0) is 18.0 Å². The van der Waals surface area contributed by atoms with Gasteiger partial charge in [0.05, 0.1) is 10.9 Å². The number of carbonyl (C=O) groups is 1. The van der Waals surface area contributed by atoms with Crippen molar-refractivity contribution in [3.63, 3.8) is 0 Å². The summed E-state index contributed by atoms with van der Waals surface area (Å²) >= 11 is 0. The van der Waals surface area contributed by atoms with Crippen LogP contribution in [0.15, 0.2) is 54.6 Å². The number of anilines is 1. The number of pyridine rings is 1. The average molecular weight is 454 g/mol. The maximum absolute atomic E-state index is 14.0. The van der Waals surface area contributed by atoms with E-state index >= 15 is 0 Å². The molecule has 0 spiro atoms. The van der Waals surface area contributed by atoms with Gasteiger partial charge < -0.3 is 10.1 Å². The molecular weight excluding hydrogens is 433 g/mol. The van der Waals surface area contributed by atoms with Gasteiger partial charge in [0.1, 0.15) is 5.69 Å². The van der Waals surface area contributed by atoms with Gasteiger partial charge in [-0.05, 0) is 25.0 Å². The van der Waals surface area contributed by atoms with Crippen molar-refractivity contribution in [2.24, 2.45) is 7.05 Å². The van der Waals surface area contributed by atoms with Gasteiger partial charge in [-0.2, -0.15) is 23.3 Å². The summed E-state index contributed by atoms with van der Waals surface area (Å²) in [5.41, 5.74) is 2.17. The number of rotatable bonds is 5. The first-order chi connectivity index (χ1) is 15.6. The van der Waals surface area contributed by atoms with E-state index in [0.717, 1.165) is 17.2 Å². The van der Waals surface area contributed by atoms with Crippen LogP contribution in [0.1, 0.15) is 16.7 Å². The van der Waals surface area contributed by atoms with Crippen molar-refractivity contribution in [2.75, 3.05) is 11.9 Å². The number of aryl methyl sites for hydroxylation is 3. The number of fused-ring (bicyclic) bond motifs is 1. The van der Waals surface area contributed by atoms with Gasteiger partial charge in [-0.1, -0.05) is 48.5 Å². The molecule has 0 atom stereocenters. The second kappa shape index (κ2) is 8.57. The van der Waals surface area contributed by atoms with Crippen LogP contribution in [-0.4, -0.2) is 27.3 Å². The lowest BCUT2D eigenvalue weighted by atomic mass is 10.0. The molecule has 33 heavy (non-hydrogen) atoms. The monoisotopic (exact) mass is 454 g/mol. The third kappa shape index (κ3) is 4.52. The van der Waals surface area contributed by atoms with Crippen LogP contribution in [0.5, 0.6) is 5.88 Å². The molecule has 6 nitrogen and oxygen atoms in total. The number of halogens is 3. The van der Waals surface area contributed by atoms with Crippen molar-refractivity contribution in [1.29, 1.82) is 0 Å². The van der Waals surface area contributed by atoms with E-state index in [4.69, 9.17) is 4.74 Å². The van der Waals surface area contributed by atoms with Crippen LogP contribution in [0, 0.1) is 13.8 Å². The standard InChI is InChI=1S/C24H21F3N4O2/c1-14-8-7-9-15(2)21(14)28-18(32)13-33-19-12-17(24(25,26)27)20-22(16-10-5-4-6-11-16)30-31(3)23(20)29-19/h4-12H,13H2,1-3H3,(H,28,32). The fourth-order valence-electron chi connectivity index (χ4n) is 3.65. The third-order valence-electron chi connectivity index (χ3n) is 5.22. The fraction of sp³-hybridized carbons (Fsp3) is 0.208. The number of ether oxygens (including phenoxy) is 1. The number of amides is 1. The zero-order valence-electron chi connectivity index (χ0n) is 18.2. The topological polar surface area (TPSA) is 69.0 Å². The number of hydrogen-bond acceptors (Lipinski definition) is 4. The molecule has 2 aromatic carbocycles. The Balaban J connectivity index is 1.67.